The van der Waals surface area contributed by atoms with Crippen LogP contribution in [0.15, 0.2) is 15.1 Å². The highest BCUT2D eigenvalue weighted by molar-refractivity contribution is 7.20. The van der Waals surface area contributed by atoms with Gasteiger partial charge < -0.3 is 14.8 Å². The molecular weight excluding hydrogens is 238 g/mol. The average molecular weight is 249 g/mol. The van der Waals surface area contributed by atoms with E-state index in [1.54, 1.807) is 11.3 Å². The summed E-state index contributed by atoms with van der Waals surface area (Å²) >= 11 is 1.56. The van der Waals surface area contributed by atoms with Gasteiger partial charge in [-0.1, -0.05) is 17.2 Å². The van der Waals surface area contributed by atoms with Gasteiger partial charge in [-0.15, -0.1) is 11.3 Å². The molecule has 0 aliphatic heterocycles. The lowest BCUT2D eigenvalue weighted by Gasteiger charge is -1.85. The van der Waals surface area contributed by atoms with Crippen molar-refractivity contribution >= 4 is 27.3 Å². The maximum Gasteiger partial charge on any atom is 0.201 e. The minimum atomic E-state index is 0.642. The van der Waals surface area contributed by atoms with Crippen LogP contribution in [0.5, 0.6) is 0 Å². The van der Waals surface area contributed by atoms with Crippen LogP contribution in [0.3, 0.4) is 0 Å². The molecule has 0 aliphatic rings. The SMILES string of the molecule is CCc1cc(-c2noc3c(N)c(C)sc23)no1. The lowest BCUT2D eigenvalue weighted by Crippen LogP contribution is -1.81. The zero-order chi connectivity index (χ0) is 12.0. The maximum atomic E-state index is 5.89. The summed E-state index contributed by atoms with van der Waals surface area (Å²) in [5, 5.41) is 7.99. The quantitative estimate of drug-likeness (QED) is 0.755. The average Bonchev–Trinajstić information content (AvgIpc) is 2.98. The molecule has 0 saturated heterocycles. The molecule has 17 heavy (non-hydrogen) atoms. The summed E-state index contributed by atoms with van der Waals surface area (Å²) < 4.78 is 11.3. The van der Waals surface area contributed by atoms with E-state index in [9.17, 15) is 0 Å². The Kier molecular flexibility index (Phi) is 2.19. The van der Waals surface area contributed by atoms with Crippen LogP contribution in [0.4, 0.5) is 5.69 Å². The van der Waals surface area contributed by atoms with Gasteiger partial charge in [0, 0.05) is 17.4 Å². The molecule has 0 atom stereocenters. The van der Waals surface area contributed by atoms with Gasteiger partial charge in [-0.3, -0.25) is 0 Å². The van der Waals surface area contributed by atoms with E-state index in [-0.39, 0.29) is 0 Å². The van der Waals surface area contributed by atoms with E-state index in [1.165, 1.54) is 0 Å². The first-order chi connectivity index (χ1) is 8.20. The highest BCUT2D eigenvalue weighted by atomic mass is 32.1. The Morgan fingerprint density at radius 1 is 1.35 bits per heavy atom. The molecule has 3 heterocycles. The Labute approximate surface area is 101 Å². The normalized spacial score (nSPS) is 11.4. The Morgan fingerprint density at radius 2 is 2.18 bits per heavy atom. The largest absolute Gasteiger partial charge is 0.395 e. The predicted octanol–water partition coefficient (Wildman–Crippen LogP) is 3.00. The second-order valence-electron chi connectivity index (χ2n) is 3.79. The van der Waals surface area contributed by atoms with Crippen molar-refractivity contribution in [1.82, 2.24) is 10.3 Å². The van der Waals surface area contributed by atoms with Crippen molar-refractivity contribution in [1.29, 1.82) is 0 Å². The van der Waals surface area contributed by atoms with E-state index >= 15 is 0 Å². The molecule has 0 fully saturated rings. The van der Waals surface area contributed by atoms with Crippen LogP contribution in [-0.2, 0) is 6.42 Å². The lowest BCUT2D eigenvalue weighted by atomic mass is 10.2. The summed E-state index contributed by atoms with van der Waals surface area (Å²) in [5.41, 5.74) is 8.59. The first kappa shape index (κ1) is 10.3. The van der Waals surface area contributed by atoms with Crippen molar-refractivity contribution in [3.63, 3.8) is 0 Å². The zero-order valence-electron chi connectivity index (χ0n) is 9.48. The van der Waals surface area contributed by atoms with Gasteiger partial charge in [0.1, 0.15) is 16.2 Å². The number of hydrogen-bond acceptors (Lipinski definition) is 6. The van der Waals surface area contributed by atoms with Crippen molar-refractivity contribution in [2.24, 2.45) is 0 Å². The monoisotopic (exact) mass is 249 g/mol. The third kappa shape index (κ3) is 1.44. The summed E-state index contributed by atoms with van der Waals surface area (Å²) in [5.74, 6) is 0.831. The first-order valence-corrected chi connectivity index (χ1v) is 6.12. The summed E-state index contributed by atoms with van der Waals surface area (Å²) in [6.45, 7) is 3.97. The highest BCUT2D eigenvalue weighted by Gasteiger charge is 2.19. The maximum absolute atomic E-state index is 5.89. The minimum absolute atomic E-state index is 0.642. The van der Waals surface area contributed by atoms with Gasteiger partial charge in [0.25, 0.3) is 0 Å². The van der Waals surface area contributed by atoms with Crippen molar-refractivity contribution < 1.29 is 9.05 Å². The van der Waals surface area contributed by atoms with E-state index < -0.39 is 0 Å². The molecule has 0 bridgehead atoms. The molecule has 6 heteroatoms. The molecule has 0 unspecified atom stereocenters. The Bertz CT molecular complexity index is 680. The Morgan fingerprint density at radius 3 is 2.88 bits per heavy atom. The van der Waals surface area contributed by atoms with Gasteiger partial charge in [0.05, 0.1) is 5.69 Å². The second kappa shape index (κ2) is 3.59. The number of aryl methyl sites for hydroxylation is 2. The predicted molar refractivity (Wildman–Crippen MR) is 65.9 cm³/mol. The molecule has 0 radical (unpaired) electrons. The van der Waals surface area contributed by atoms with E-state index in [1.807, 2.05) is 19.9 Å². The van der Waals surface area contributed by atoms with E-state index in [0.29, 0.717) is 22.7 Å². The van der Waals surface area contributed by atoms with Crippen LogP contribution in [0.2, 0.25) is 0 Å². The number of thiophene rings is 1. The molecule has 88 valence electrons. The molecule has 0 aromatic carbocycles. The number of hydrogen-bond donors (Lipinski definition) is 1. The van der Waals surface area contributed by atoms with Gasteiger partial charge in [-0.05, 0) is 6.92 Å². The van der Waals surface area contributed by atoms with Crippen molar-refractivity contribution in [3.05, 3.63) is 16.7 Å². The van der Waals surface area contributed by atoms with Crippen LogP contribution in [0.25, 0.3) is 21.7 Å². The van der Waals surface area contributed by atoms with Gasteiger partial charge in [-0.2, -0.15) is 0 Å². The van der Waals surface area contributed by atoms with Gasteiger partial charge in [-0.25, -0.2) is 0 Å². The molecule has 3 rings (SSSR count). The third-order valence-electron chi connectivity index (χ3n) is 2.68. The molecule has 0 spiro atoms. The fourth-order valence-electron chi connectivity index (χ4n) is 1.67. The van der Waals surface area contributed by atoms with Gasteiger partial charge in [0.2, 0.25) is 5.58 Å². The molecule has 3 aromatic rings. The van der Waals surface area contributed by atoms with E-state index in [2.05, 4.69) is 10.3 Å². The summed E-state index contributed by atoms with van der Waals surface area (Å²) in [7, 11) is 0. The molecule has 0 aliphatic carbocycles. The highest BCUT2D eigenvalue weighted by Crippen LogP contribution is 2.38. The lowest BCUT2D eigenvalue weighted by molar-refractivity contribution is 0.388. The van der Waals surface area contributed by atoms with Crippen LogP contribution >= 0.6 is 11.3 Å². The Hall–Kier alpha value is -1.82. The molecular formula is C11H11N3O2S. The first-order valence-electron chi connectivity index (χ1n) is 5.31. The van der Waals surface area contributed by atoms with Crippen LogP contribution in [0.1, 0.15) is 17.6 Å². The summed E-state index contributed by atoms with van der Waals surface area (Å²) in [6, 6.07) is 1.88. The fraction of sp³-hybridized carbons (Fsp3) is 0.273. The van der Waals surface area contributed by atoms with Crippen molar-refractivity contribution in [2.45, 2.75) is 20.3 Å². The number of fused-ring (bicyclic) bond motifs is 1. The number of aromatic nitrogens is 2. The smallest absolute Gasteiger partial charge is 0.201 e. The van der Waals surface area contributed by atoms with E-state index in [4.69, 9.17) is 14.8 Å². The van der Waals surface area contributed by atoms with Crippen LogP contribution in [0, 0.1) is 6.92 Å². The topological polar surface area (TPSA) is 78.1 Å². The van der Waals surface area contributed by atoms with Crippen molar-refractivity contribution in [2.75, 3.05) is 5.73 Å². The van der Waals surface area contributed by atoms with Crippen LogP contribution < -0.4 is 5.73 Å². The van der Waals surface area contributed by atoms with E-state index in [0.717, 1.165) is 21.8 Å². The number of rotatable bonds is 2. The third-order valence-corrected chi connectivity index (χ3v) is 3.79. The standard InChI is InChI=1S/C11H11N3O2S/c1-3-6-4-7(13-15-6)9-11-10(16-14-9)8(12)5(2)17-11/h4H,3,12H2,1-2H3. The molecule has 5 nitrogen and oxygen atoms in total. The van der Waals surface area contributed by atoms with Crippen LogP contribution in [-0.4, -0.2) is 10.3 Å². The fourth-order valence-corrected chi connectivity index (χ4v) is 2.66. The molecule has 2 N–H and O–H groups in total. The van der Waals surface area contributed by atoms with Gasteiger partial charge >= 0.3 is 0 Å². The molecule has 0 amide bonds. The zero-order valence-corrected chi connectivity index (χ0v) is 10.3. The number of nitrogen functional groups attached to an aromatic ring is 1. The summed E-state index contributed by atoms with van der Waals surface area (Å²) in [6.07, 6.45) is 0.805. The molecule has 3 aromatic heterocycles. The van der Waals surface area contributed by atoms with Gasteiger partial charge in [0.15, 0.2) is 5.69 Å². The number of nitrogens with zero attached hydrogens (tertiary/aromatic N) is 2. The minimum Gasteiger partial charge on any atom is -0.395 e. The molecule has 0 saturated carbocycles. The van der Waals surface area contributed by atoms with Crippen molar-refractivity contribution in [3.8, 4) is 11.4 Å². The number of anilines is 1. The summed E-state index contributed by atoms with van der Waals surface area (Å²) in [4.78, 5) is 1.03. The number of nitrogens with two attached hydrogens (primary N) is 1. The second-order valence-corrected chi connectivity index (χ2v) is 5.02. The Balaban J connectivity index is 2.20.